The summed E-state index contributed by atoms with van der Waals surface area (Å²) < 4.78 is 63.8. The third-order valence-corrected chi connectivity index (χ3v) is 7.36. The van der Waals surface area contributed by atoms with Crippen molar-refractivity contribution in [3.05, 3.63) is 53.3 Å². The van der Waals surface area contributed by atoms with Crippen molar-refractivity contribution in [1.29, 1.82) is 0 Å². The number of nitrogens with zero attached hydrogens (tertiary/aromatic N) is 1. The summed E-state index contributed by atoms with van der Waals surface area (Å²) in [7, 11) is 5.24. The summed E-state index contributed by atoms with van der Waals surface area (Å²) in [5.41, 5.74) is -0.501. The molecule has 0 radical (unpaired) electrons. The number of likely N-dealkylation sites (tertiary alicyclic amines) is 1. The van der Waals surface area contributed by atoms with E-state index >= 15 is 0 Å². The predicted octanol–water partition coefficient (Wildman–Crippen LogP) is 5.18. The van der Waals surface area contributed by atoms with E-state index in [2.05, 4.69) is 21.6 Å². The van der Waals surface area contributed by atoms with Gasteiger partial charge in [-0.1, -0.05) is 6.07 Å². The Kier molecular flexibility index (Phi) is 6.86. The van der Waals surface area contributed by atoms with E-state index in [9.17, 15) is 22.4 Å². The number of rotatable bonds is 5. The lowest BCUT2D eigenvalue weighted by Crippen LogP contribution is -2.52. The molecule has 2 aromatic carbocycles. The maximum atomic E-state index is 14.0. The van der Waals surface area contributed by atoms with Crippen LogP contribution in [0.25, 0.3) is 0 Å². The van der Waals surface area contributed by atoms with E-state index < -0.39 is 29.3 Å². The molecule has 1 aliphatic heterocycles. The highest BCUT2D eigenvalue weighted by Gasteiger charge is 2.50. The largest absolute Gasteiger partial charge is 0.493 e. The Morgan fingerprint density at radius 1 is 1.09 bits per heavy atom. The van der Waals surface area contributed by atoms with Crippen molar-refractivity contribution in [1.82, 2.24) is 10.2 Å². The first-order valence-corrected chi connectivity index (χ1v) is 11.4. The second-order valence-corrected chi connectivity index (χ2v) is 9.23. The number of halogens is 4. The second kappa shape index (κ2) is 9.56. The van der Waals surface area contributed by atoms with Crippen LogP contribution in [0.5, 0.6) is 11.5 Å². The Morgan fingerprint density at radius 3 is 2.51 bits per heavy atom. The van der Waals surface area contributed by atoms with Crippen molar-refractivity contribution < 1.29 is 31.8 Å². The zero-order valence-corrected chi connectivity index (χ0v) is 19.8. The van der Waals surface area contributed by atoms with Crippen molar-refractivity contribution in [3.8, 4) is 11.5 Å². The summed E-state index contributed by atoms with van der Waals surface area (Å²) in [5.74, 6) is 0.389. The van der Waals surface area contributed by atoms with E-state index in [4.69, 9.17) is 9.47 Å². The number of carbonyl (C=O) groups is 1. The summed E-state index contributed by atoms with van der Waals surface area (Å²) in [6.45, 7) is 0.896. The van der Waals surface area contributed by atoms with Gasteiger partial charge in [-0.2, -0.15) is 13.2 Å². The van der Waals surface area contributed by atoms with Gasteiger partial charge in [-0.05, 0) is 75.2 Å². The molecule has 0 unspecified atom stereocenters. The van der Waals surface area contributed by atoms with Gasteiger partial charge in [-0.15, -0.1) is 0 Å². The Labute approximate surface area is 201 Å². The molecule has 2 aliphatic rings. The summed E-state index contributed by atoms with van der Waals surface area (Å²) >= 11 is 0. The fourth-order valence-corrected chi connectivity index (χ4v) is 5.54. The third kappa shape index (κ3) is 4.89. The SMILES string of the molecule is COc1ccc([C@@]23CC[C@H](NC(=O)Nc4cc(C(F)(F)F)ccc4F)C[C@H]2N(C)CC3)cc1OC. The minimum Gasteiger partial charge on any atom is -0.493 e. The van der Waals surface area contributed by atoms with E-state index in [0.717, 1.165) is 24.9 Å². The maximum absolute atomic E-state index is 14.0. The topological polar surface area (TPSA) is 62.8 Å². The normalized spacial score (nSPS) is 24.5. The molecule has 2 fully saturated rings. The van der Waals surface area contributed by atoms with E-state index in [0.29, 0.717) is 42.5 Å². The second-order valence-electron chi connectivity index (χ2n) is 9.23. The lowest BCUT2D eigenvalue weighted by Gasteiger charge is -2.45. The molecule has 2 aromatic rings. The average molecular weight is 496 g/mol. The lowest BCUT2D eigenvalue weighted by atomic mass is 9.65. The highest BCUT2D eigenvalue weighted by molar-refractivity contribution is 5.89. The third-order valence-electron chi connectivity index (χ3n) is 7.36. The molecule has 0 spiro atoms. The number of alkyl halides is 3. The number of amides is 2. The Bertz CT molecular complexity index is 1090. The van der Waals surface area contributed by atoms with Gasteiger partial charge in [-0.25, -0.2) is 9.18 Å². The summed E-state index contributed by atoms with van der Waals surface area (Å²) in [4.78, 5) is 14.8. The molecule has 2 amide bonds. The van der Waals surface area contributed by atoms with Gasteiger partial charge in [0.2, 0.25) is 0 Å². The van der Waals surface area contributed by atoms with Crippen LogP contribution in [0.15, 0.2) is 36.4 Å². The Hall–Kier alpha value is -3.01. The van der Waals surface area contributed by atoms with Gasteiger partial charge in [0.15, 0.2) is 11.5 Å². The molecular formula is C25H29F4N3O3. The number of methoxy groups -OCH3 is 2. The smallest absolute Gasteiger partial charge is 0.416 e. The van der Waals surface area contributed by atoms with E-state index in [1.165, 1.54) is 0 Å². The molecule has 2 N–H and O–H groups in total. The van der Waals surface area contributed by atoms with Crippen LogP contribution >= 0.6 is 0 Å². The van der Waals surface area contributed by atoms with Gasteiger partial charge in [-0.3, -0.25) is 0 Å². The van der Waals surface area contributed by atoms with Gasteiger partial charge in [0.05, 0.1) is 25.5 Å². The van der Waals surface area contributed by atoms with Crippen LogP contribution < -0.4 is 20.1 Å². The van der Waals surface area contributed by atoms with Crippen LogP contribution in [0.4, 0.5) is 28.0 Å². The first-order valence-electron chi connectivity index (χ1n) is 11.4. The molecule has 4 rings (SSSR count). The molecule has 1 heterocycles. The molecule has 0 bridgehead atoms. The van der Waals surface area contributed by atoms with E-state index in [-0.39, 0.29) is 17.5 Å². The monoisotopic (exact) mass is 495 g/mol. The highest BCUT2D eigenvalue weighted by atomic mass is 19.4. The molecule has 35 heavy (non-hydrogen) atoms. The molecule has 3 atom stereocenters. The number of carbonyl (C=O) groups excluding carboxylic acids is 1. The van der Waals surface area contributed by atoms with Gasteiger partial charge in [0.25, 0.3) is 0 Å². The van der Waals surface area contributed by atoms with E-state index in [1.807, 2.05) is 19.2 Å². The number of hydrogen-bond donors (Lipinski definition) is 2. The van der Waals surface area contributed by atoms with Crippen molar-refractivity contribution in [3.63, 3.8) is 0 Å². The van der Waals surface area contributed by atoms with Crippen molar-refractivity contribution in [2.45, 2.75) is 49.4 Å². The molecule has 1 saturated heterocycles. The number of ether oxygens (including phenoxy) is 2. The number of nitrogens with one attached hydrogen (secondary N) is 2. The highest BCUT2D eigenvalue weighted by Crippen LogP contribution is 2.49. The molecule has 6 nitrogen and oxygen atoms in total. The van der Waals surface area contributed by atoms with Crippen molar-refractivity contribution >= 4 is 11.7 Å². The first kappa shape index (κ1) is 25.1. The predicted molar refractivity (Wildman–Crippen MR) is 123 cm³/mol. The van der Waals surface area contributed by atoms with Crippen LogP contribution in [-0.2, 0) is 11.6 Å². The van der Waals surface area contributed by atoms with E-state index in [1.54, 1.807) is 14.2 Å². The molecule has 1 aliphatic carbocycles. The number of benzene rings is 2. The lowest BCUT2D eigenvalue weighted by molar-refractivity contribution is -0.137. The molecule has 0 aromatic heterocycles. The number of anilines is 1. The molecular weight excluding hydrogens is 466 g/mol. The zero-order chi connectivity index (χ0) is 25.4. The fraction of sp³-hybridized carbons (Fsp3) is 0.480. The van der Waals surface area contributed by atoms with Crippen LogP contribution in [0.2, 0.25) is 0 Å². The van der Waals surface area contributed by atoms with Crippen LogP contribution in [0, 0.1) is 5.82 Å². The molecule has 10 heteroatoms. The van der Waals surface area contributed by atoms with Crippen molar-refractivity contribution in [2.24, 2.45) is 0 Å². The Balaban J connectivity index is 1.48. The van der Waals surface area contributed by atoms with Gasteiger partial charge in [0.1, 0.15) is 5.82 Å². The molecule has 1 saturated carbocycles. The number of likely N-dealkylation sites (N-methyl/N-ethyl adjacent to an activating group) is 1. The minimum absolute atomic E-state index is 0.115. The zero-order valence-electron chi connectivity index (χ0n) is 19.8. The number of fused-ring (bicyclic) bond motifs is 1. The van der Waals surface area contributed by atoms with Crippen molar-refractivity contribution in [2.75, 3.05) is 33.1 Å². The van der Waals surface area contributed by atoms with Crippen LogP contribution in [0.3, 0.4) is 0 Å². The van der Waals surface area contributed by atoms with Crippen LogP contribution in [-0.4, -0.2) is 50.8 Å². The Morgan fingerprint density at radius 2 is 1.83 bits per heavy atom. The van der Waals surface area contributed by atoms with Gasteiger partial charge >= 0.3 is 12.2 Å². The summed E-state index contributed by atoms with van der Waals surface area (Å²) in [6, 6.07) is 7.13. The molecule has 190 valence electrons. The fourth-order valence-electron chi connectivity index (χ4n) is 5.54. The number of hydrogen-bond acceptors (Lipinski definition) is 4. The summed E-state index contributed by atoms with van der Waals surface area (Å²) in [6.07, 6.45) is -1.54. The first-order chi connectivity index (χ1) is 16.6. The average Bonchev–Trinajstić information content (AvgIpc) is 3.16. The van der Waals surface area contributed by atoms with Gasteiger partial charge in [0, 0.05) is 17.5 Å². The quantitative estimate of drug-likeness (QED) is 0.562. The minimum atomic E-state index is -4.63. The van der Waals surface area contributed by atoms with Gasteiger partial charge < -0.3 is 25.0 Å². The standard InChI is InChI=1S/C25H29F4N3O3/c1-32-11-10-24(15-5-7-20(34-2)21(13-15)35-3)9-8-17(14-22(24)32)30-23(33)31-19-12-16(25(27,28)29)4-6-18(19)26/h4-7,12-13,17,22H,8-11,14H2,1-3H3,(H2,30,31,33)/t17-,22+,24-/m0/s1. The number of urea groups is 1. The van der Waals surface area contributed by atoms with Crippen LogP contribution in [0.1, 0.15) is 36.8 Å². The summed E-state index contributed by atoms with van der Waals surface area (Å²) in [5, 5.41) is 5.07. The maximum Gasteiger partial charge on any atom is 0.416 e.